The predicted molar refractivity (Wildman–Crippen MR) is 81.0 cm³/mol. The van der Waals surface area contributed by atoms with Gasteiger partial charge in [-0.05, 0) is 44.2 Å². The molecule has 1 aliphatic heterocycles. The van der Waals surface area contributed by atoms with E-state index in [0.717, 1.165) is 24.4 Å². The van der Waals surface area contributed by atoms with Crippen LogP contribution in [0.15, 0.2) is 0 Å². The highest BCUT2D eigenvalue weighted by Gasteiger charge is 2.29. The van der Waals surface area contributed by atoms with Gasteiger partial charge in [0.15, 0.2) is 0 Å². The van der Waals surface area contributed by atoms with Crippen molar-refractivity contribution in [3.63, 3.8) is 0 Å². The lowest BCUT2D eigenvalue weighted by atomic mass is 9.96. The fourth-order valence-electron chi connectivity index (χ4n) is 3.15. The molecule has 3 atom stereocenters. The normalized spacial score (nSPS) is 24.7. The molecule has 2 heteroatoms. The summed E-state index contributed by atoms with van der Waals surface area (Å²) in [6, 6.07) is 1.49. The van der Waals surface area contributed by atoms with Gasteiger partial charge < -0.3 is 5.32 Å². The Hall–Kier alpha value is -0.0800. The van der Waals surface area contributed by atoms with Crippen LogP contribution in [-0.4, -0.2) is 36.6 Å². The van der Waals surface area contributed by atoms with E-state index in [4.69, 9.17) is 0 Å². The zero-order chi connectivity index (χ0) is 13.5. The summed E-state index contributed by atoms with van der Waals surface area (Å²) in [5, 5.41) is 3.76. The molecule has 0 amide bonds. The van der Waals surface area contributed by atoms with Gasteiger partial charge in [0.05, 0.1) is 0 Å². The molecule has 3 unspecified atom stereocenters. The van der Waals surface area contributed by atoms with Crippen molar-refractivity contribution in [1.82, 2.24) is 10.2 Å². The molecule has 0 bridgehead atoms. The average Bonchev–Trinajstić information content (AvgIpc) is 2.81. The molecule has 1 heterocycles. The monoisotopic (exact) mass is 254 g/mol. The molecular formula is C16H34N2. The Morgan fingerprint density at radius 1 is 1.22 bits per heavy atom. The summed E-state index contributed by atoms with van der Waals surface area (Å²) in [5.41, 5.74) is 0. The molecule has 1 rings (SSSR count). The summed E-state index contributed by atoms with van der Waals surface area (Å²) in [4.78, 5) is 2.74. The van der Waals surface area contributed by atoms with Crippen LogP contribution in [0.3, 0.4) is 0 Å². The number of likely N-dealkylation sites (tertiary alicyclic amines) is 1. The first-order valence-electron chi connectivity index (χ1n) is 8.07. The van der Waals surface area contributed by atoms with Gasteiger partial charge in [0, 0.05) is 18.6 Å². The van der Waals surface area contributed by atoms with E-state index < -0.39 is 0 Å². The van der Waals surface area contributed by atoms with Crippen molar-refractivity contribution in [3.8, 4) is 0 Å². The second-order valence-corrected chi connectivity index (χ2v) is 6.39. The van der Waals surface area contributed by atoms with Crippen LogP contribution in [0.5, 0.6) is 0 Å². The van der Waals surface area contributed by atoms with E-state index >= 15 is 0 Å². The number of hydrogen-bond acceptors (Lipinski definition) is 2. The first-order valence-corrected chi connectivity index (χ1v) is 8.07. The molecule has 0 spiro atoms. The summed E-state index contributed by atoms with van der Waals surface area (Å²) in [7, 11) is 0. The molecular weight excluding hydrogens is 220 g/mol. The van der Waals surface area contributed by atoms with Crippen LogP contribution in [0.25, 0.3) is 0 Å². The van der Waals surface area contributed by atoms with Crippen molar-refractivity contribution >= 4 is 0 Å². The van der Waals surface area contributed by atoms with E-state index in [2.05, 4.69) is 44.8 Å². The number of nitrogens with zero attached hydrogens (tertiary/aromatic N) is 1. The second-order valence-electron chi connectivity index (χ2n) is 6.39. The van der Waals surface area contributed by atoms with Crippen LogP contribution in [-0.2, 0) is 0 Å². The van der Waals surface area contributed by atoms with Crippen LogP contribution >= 0.6 is 0 Å². The molecule has 18 heavy (non-hydrogen) atoms. The van der Waals surface area contributed by atoms with Gasteiger partial charge in [0.2, 0.25) is 0 Å². The topological polar surface area (TPSA) is 15.3 Å². The lowest BCUT2D eigenvalue weighted by Crippen LogP contribution is -2.47. The minimum Gasteiger partial charge on any atom is -0.312 e. The number of rotatable bonds is 8. The third-order valence-corrected chi connectivity index (χ3v) is 4.60. The Morgan fingerprint density at radius 2 is 1.94 bits per heavy atom. The largest absolute Gasteiger partial charge is 0.312 e. The first kappa shape index (κ1) is 16.0. The van der Waals surface area contributed by atoms with Gasteiger partial charge in [-0.1, -0.05) is 41.0 Å². The lowest BCUT2D eigenvalue weighted by Gasteiger charge is -2.34. The molecule has 0 saturated carbocycles. The van der Waals surface area contributed by atoms with E-state index in [-0.39, 0.29) is 0 Å². The third kappa shape index (κ3) is 4.55. The molecule has 0 aromatic heterocycles. The summed E-state index contributed by atoms with van der Waals surface area (Å²) in [6.45, 7) is 15.4. The van der Waals surface area contributed by atoms with Crippen molar-refractivity contribution < 1.29 is 0 Å². The van der Waals surface area contributed by atoms with E-state index in [1.54, 1.807) is 0 Å². The highest BCUT2D eigenvalue weighted by Crippen LogP contribution is 2.24. The molecule has 1 aliphatic rings. The Morgan fingerprint density at radius 3 is 2.50 bits per heavy atom. The number of nitrogens with one attached hydrogen (secondary N) is 1. The van der Waals surface area contributed by atoms with Gasteiger partial charge in [-0.2, -0.15) is 0 Å². The van der Waals surface area contributed by atoms with Gasteiger partial charge >= 0.3 is 0 Å². The molecule has 1 N–H and O–H groups in total. The highest BCUT2D eigenvalue weighted by molar-refractivity contribution is 4.86. The molecule has 0 radical (unpaired) electrons. The van der Waals surface area contributed by atoms with Crippen LogP contribution in [0.2, 0.25) is 0 Å². The zero-order valence-corrected chi connectivity index (χ0v) is 13.2. The van der Waals surface area contributed by atoms with Gasteiger partial charge in [-0.25, -0.2) is 0 Å². The summed E-state index contributed by atoms with van der Waals surface area (Å²) in [5.74, 6) is 1.58. The van der Waals surface area contributed by atoms with Crippen molar-refractivity contribution in [1.29, 1.82) is 0 Å². The SMILES string of the molecule is CCCNC(CN1CCCC1C(C)C)C(C)CC. The molecule has 0 aliphatic carbocycles. The lowest BCUT2D eigenvalue weighted by molar-refractivity contribution is 0.167. The van der Waals surface area contributed by atoms with Crippen LogP contribution in [0.1, 0.15) is 60.3 Å². The minimum atomic E-state index is 0.675. The first-order chi connectivity index (χ1) is 8.60. The molecule has 108 valence electrons. The molecule has 1 fully saturated rings. The van der Waals surface area contributed by atoms with Gasteiger partial charge in [0.1, 0.15) is 0 Å². The second kappa shape index (κ2) is 8.16. The quantitative estimate of drug-likeness (QED) is 0.713. The maximum atomic E-state index is 3.76. The van der Waals surface area contributed by atoms with Crippen molar-refractivity contribution in [2.45, 2.75) is 72.4 Å². The fraction of sp³-hybridized carbons (Fsp3) is 1.00. The zero-order valence-electron chi connectivity index (χ0n) is 13.2. The number of hydrogen-bond donors (Lipinski definition) is 1. The van der Waals surface area contributed by atoms with Crippen molar-refractivity contribution in [2.24, 2.45) is 11.8 Å². The van der Waals surface area contributed by atoms with Crippen LogP contribution < -0.4 is 5.32 Å². The minimum absolute atomic E-state index is 0.675. The van der Waals surface area contributed by atoms with Crippen LogP contribution in [0.4, 0.5) is 0 Å². The maximum absolute atomic E-state index is 3.76. The summed E-state index contributed by atoms with van der Waals surface area (Å²) >= 11 is 0. The van der Waals surface area contributed by atoms with Gasteiger partial charge in [-0.3, -0.25) is 4.90 Å². The molecule has 2 nitrogen and oxygen atoms in total. The van der Waals surface area contributed by atoms with E-state index in [9.17, 15) is 0 Å². The van der Waals surface area contributed by atoms with Crippen molar-refractivity contribution in [2.75, 3.05) is 19.6 Å². The Kier molecular flexibility index (Phi) is 7.25. The van der Waals surface area contributed by atoms with Gasteiger partial charge in [0.25, 0.3) is 0 Å². The van der Waals surface area contributed by atoms with Crippen molar-refractivity contribution in [3.05, 3.63) is 0 Å². The van der Waals surface area contributed by atoms with E-state index in [1.165, 1.54) is 38.8 Å². The molecule has 0 aromatic rings. The average molecular weight is 254 g/mol. The highest BCUT2D eigenvalue weighted by atomic mass is 15.2. The maximum Gasteiger partial charge on any atom is 0.0220 e. The smallest absolute Gasteiger partial charge is 0.0220 e. The van der Waals surface area contributed by atoms with Gasteiger partial charge in [-0.15, -0.1) is 0 Å². The third-order valence-electron chi connectivity index (χ3n) is 4.60. The van der Waals surface area contributed by atoms with E-state index in [1.807, 2.05) is 0 Å². The Balaban J connectivity index is 2.53. The Labute approximate surface area is 115 Å². The summed E-state index contributed by atoms with van der Waals surface area (Å²) in [6.07, 6.45) is 5.31. The fourth-order valence-corrected chi connectivity index (χ4v) is 3.15. The van der Waals surface area contributed by atoms with E-state index in [0.29, 0.717) is 6.04 Å². The molecule has 1 saturated heterocycles. The predicted octanol–water partition coefficient (Wildman–Crippen LogP) is 3.52. The van der Waals surface area contributed by atoms with Crippen LogP contribution in [0, 0.1) is 11.8 Å². The summed E-state index contributed by atoms with van der Waals surface area (Å²) < 4.78 is 0. The molecule has 0 aromatic carbocycles. The standard InChI is InChI=1S/C16H34N2/c1-6-10-17-15(14(5)7-2)12-18-11-8-9-16(18)13(3)4/h13-17H,6-12H2,1-5H3. The Bertz CT molecular complexity index is 215.